The molecule has 1 fully saturated rings. The van der Waals surface area contributed by atoms with Crippen LogP contribution in [0.15, 0.2) is 40.9 Å². The third kappa shape index (κ3) is 4.03. The molecule has 0 saturated carbocycles. The Bertz CT molecular complexity index is 953. The number of nitrogens with zero attached hydrogens (tertiary/aromatic N) is 3. The van der Waals surface area contributed by atoms with E-state index in [0.717, 1.165) is 12.0 Å². The van der Waals surface area contributed by atoms with Crippen LogP contribution in [0.3, 0.4) is 0 Å². The van der Waals surface area contributed by atoms with E-state index in [9.17, 15) is 14.4 Å². The molecule has 30 heavy (non-hydrogen) atoms. The van der Waals surface area contributed by atoms with Gasteiger partial charge in [-0.25, -0.2) is 0 Å². The van der Waals surface area contributed by atoms with Gasteiger partial charge in [-0.1, -0.05) is 48.5 Å². The molecule has 1 saturated heterocycles. The minimum absolute atomic E-state index is 0.0301. The molecule has 156 valence electrons. The standard InChI is InChI=1S/C22H23N3O5/c1-2-14-7-9-15(10-8-14)20-23-18(30-24-20)13-29-19(26)11-12-25-21(27)16-5-3-4-6-17(16)22(25)28/h3-4,7-10,16-17H,2,5-6,11-13H2,1H3/t16-,17-/m1/s1. The number of imide groups is 1. The molecular weight excluding hydrogens is 386 g/mol. The zero-order chi connectivity index (χ0) is 21.1. The number of esters is 1. The third-order valence-corrected chi connectivity index (χ3v) is 5.58. The number of hydrogen-bond acceptors (Lipinski definition) is 7. The van der Waals surface area contributed by atoms with Gasteiger partial charge in [-0.3, -0.25) is 19.3 Å². The number of fused-ring (bicyclic) bond motifs is 1. The smallest absolute Gasteiger partial charge is 0.308 e. The van der Waals surface area contributed by atoms with E-state index < -0.39 is 5.97 Å². The predicted molar refractivity (Wildman–Crippen MR) is 106 cm³/mol. The Morgan fingerprint density at radius 2 is 1.80 bits per heavy atom. The molecule has 2 aromatic rings. The number of aryl methyl sites for hydroxylation is 1. The fourth-order valence-electron chi connectivity index (χ4n) is 3.83. The molecule has 1 aromatic carbocycles. The van der Waals surface area contributed by atoms with Crippen LogP contribution in [0.25, 0.3) is 11.4 Å². The van der Waals surface area contributed by atoms with Crippen LogP contribution >= 0.6 is 0 Å². The summed E-state index contributed by atoms with van der Waals surface area (Å²) in [6, 6.07) is 7.82. The first kappa shape index (κ1) is 20.0. The monoisotopic (exact) mass is 409 g/mol. The highest BCUT2D eigenvalue weighted by atomic mass is 16.6. The highest BCUT2D eigenvalue weighted by Gasteiger charge is 2.46. The van der Waals surface area contributed by atoms with Gasteiger partial charge in [-0.15, -0.1) is 0 Å². The van der Waals surface area contributed by atoms with Gasteiger partial charge in [0, 0.05) is 12.1 Å². The van der Waals surface area contributed by atoms with E-state index in [1.54, 1.807) is 0 Å². The molecule has 0 unspecified atom stereocenters. The molecule has 8 nitrogen and oxygen atoms in total. The van der Waals surface area contributed by atoms with E-state index in [2.05, 4.69) is 17.1 Å². The summed E-state index contributed by atoms with van der Waals surface area (Å²) in [4.78, 5) is 42.3. The Balaban J connectivity index is 1.27. The van der Waals surface area contributed by atoms with Crippen LogP contribution < -0.4 is 0 Å². The van der Waals surface area contributed by atoms with Gasteiger partial charge in [-0.05, 0) is 24.8 Å². The Labute approximate surface area is 173 Å². The molecule has 2 amide bonds. The zero-order valence-corrected chi connectivity index (χ0v) is 16.7. The number of benzene rings is 1. The van der Waals surface area contributed by atoms with E-state index >= 15 is 0 Å². The van der Waals surface area contributed by atoms with Crippen LogP contribution in [-0.2, 0) is 32.1 Å². The highest BCUT2D eigenvalue weighted by Crippen LogP contribution is 2.35. The van der Waals surface area contributed by atoms with Gasteiger partial charge in [0.05, 0.1) is 18.3 Å². The van der Waals surface area contributed by atoms with Gasteiger partial charge in [-0.2, -0.15) is 4.98 Å². The molecule has 1 aliphatic heterocycles. The Morgan fingerprint density at radius 3 is 2.43 bits per heavy atom. The van der Waals surface area contributed by atoms with Crippen molar-refractivity contribution in [2.75, 3.05) is 6.54 Å². The molecule has 0 N–H and O–H groups in total. The van der Waals surface area contributed by atoms with Crippen molar-refractivity contribution < 1.29 is 23.6 Å². The maximum atomic E-state index is 12.4. The summed E-state index contributed by atoms with van der Waals surface area (Å²) in [7, 11) is 0. The zero-order valence-electron chi connectivity index (χ0n) is 16.7. The lowest BCUT2D eigenvalue weighted by Gasteiger charge is -2.14. The summed E-state index contributed by atoms with van der Waals surface area (Å²) in [6.07, 6.45) is 5.90. The van der Waals surface area contributed by atoms with Crippen molar-refractivity contribution in [2.45, 2.75) is 39.2 Å². The second-order valence-electron chi connectivity index (χ2n) is 7.46. The average Bonchev–Trinajstić information content (AvgIpc) is 3.35. The Hall–Kier alpha value is -3.29. The molecule has 1 aliphatic carbocycles. The van der Waals surface area contributed by atoms with Crippen LogP contribution in [0.4, 0.5) is 0 Å². The highest BCUT2D eigenvalue weighted by molar-refractivity contribution is 6.05. The van der Waals surface area contributed by atoms with E-state index in [1.165, 1.54) is 10.5 Å². The van der Waals surface area contributed by atoms with Gasteiger partial charge >= 0.3 is 5.97 Å². The lowest BCUT2D eigenvalue weighted by atomic mass is 9.85. The number of likely N-dealkylation sites (tertiary alicyclic amines) is 1. The van der Waals surface area contributed by atoms with Crippen LogP contribution in [0, 0.1) is 11.8 Å². The molecule has 2 aliphatic rings. The molecule has 1 aromatic heterocycles. The molecular formula is C22H23N3O5. The second kappa shape index (κ2) is 8.61. The summed E-state index contributed by atoms with van der Waals surface area (Å²) in [5, 5.41) is 3.91. The van der Waals surface area contributed by atoms with Crippen molar-refractivity contribution in [3.05, 3.63) is 47.9 Å². The maximum absolute atomic E-state index is 12.4. The number of rotatable bonds is 7. The molecule has 2 atom stereocenters. The normalized spacial score (nSPS) is 20.5. The van der Waals surface area contributed by atoms with Crippen molar-refractivity contribution in [2.24, 2.45) is 11.8 Å². The largest absolute Gasteiger partial charge is 0.456 e. The SMILES string of the molecule is CCc1ccc(-c2noc(COC(=O)CCN3C(=O)[C@@H]4CC=CC[C@H]4C3=O)n2)cc1. The van der Waals surface area contributed by atoms with Crippen LogP contribution in [0.1, 0.15) is 37.6 Å². The Morgan fingerprint density at radius 1 is 1.13 bits per heavy atom. The molecule has 0 radical (unpaired) electrons. The van der Waals surface area contributed by atoms with Gasteiger partial charge in [0.25, 0.3) is 5.89 Å². The van der Waals surface area contributed by atoms with Crippen molar-refractivity contribution in [1.29, 1.82) is 0 Å². The fourth-order valence-corrected chi connectivity index (χ4v) is 3.83. The molecule has 0 spiro atoms. The minimum atomic E-state index is -0.532. The van der Waals surface area contributed by atoms with E-state index in [1.807, 2.05) is 36.4 Å². The van der Waals surface area contributed by atoms with Gasteiger partial charge in [0.15, 0.2) is 6.61 Å². The van der Waals surface area contributed by atoms with Crippen molar-refractivity contribution in [3.8, 4) is 11.4 Å². The van der Waals surface area contributed by atoms with E-state index in [-0.39, 0.29) is 49.1 Å². The number of carbonyl (C=O) groups is 3. The number of aromatic nitrogens is 2. The number of carbonyl (C=O) groups excluding carboxylic acids is 3. The summed E-state index contributed by atoms with van der Waals surface area (Å²) >= 11 is 0. The minimum Gasteiger partial charge on any atom is -0.456 e. The summed E-state index contributed by atoms with van der Waals surface area (Å²) in [5.41, 5.74) is 2.03. The van der Waals surface area contributed by atoms with Gasteiger partial charge < -0.3 is 9.26 Å². The summed E-state index contributed by atoms with van der Waals surface area (Å²) < 4.78 is 10.3. The van der Waals surface area contributed by atoms with Crippen LogP contribution in [-0.4, -0.2) is 39.4 Å². The van der Waals surface area contributed by atoms with Crippen LogP contribution in [0.2, 0.25) is 0 Å². The fraction of sp³-hybridized carbons (Fsp3) is 0.409. The topological polar surface area (TPSA) is 103 Å². The molecule has 0 bridgehead atoms. The summed E-state index contributed by atoms with van der Waals surface area (Å²) in [6.45, 7) is 1.95. The molecule has 2 heterocycles. The predicted octanol–water partition coefficient (Wildman–Crippen LogP) is 2.68. The van der Waals surface area contributed by atoms with Crippen molar-refractivity contribution >= 4 is 17.8 Å². The molecule has 4 rings (SSSR count). The third-order valence-electron chi connectivity index (χ3n) is 5.58. The number of hydrogen-bond donors (Lipinski definition) is 0. The van der Waals surface area contributed by atoms with Gasteiger partial charge in [0.1, 0.15) is 0 Å². The van der Waals surface area contributed by atoms with E-state index in [4.69, 9.17) is 9.26 Å². The Kier molecular flexibility index (Phi) is 5.74. The number of amides is 2. The lowest BCUT2D eigenvalue weighted by Crippen LogP contribution is -2.33. The number of ether oxygens (including phenoxy) is 1. The van der Waals surface area contributed by atoms with Crippen molar-refractivity contribution in [3.63, 3.8) is 0 Å². The quantitative estimate of drug-likeness (QED) is 0.393. The average molecular weight is 409 g/mol. The lowest BCUT2D eigenvalue weighted by molar-refractivity contribution is -0.147. The molecule has 8 heteroatoms. The first-order chi connectivity index (χ1) is 14.6. The number of allylic oxidation sites excluding steroid dienone is 2. The first-order valence-electron chi connectivity index (χ1n) is 10.1. The van der Waals surface area contributed by atoms with Crippen LogP contribution in [0.5, 0.6) is 0 Å². The second-order valence-corrected chi connectivity index (χ2v) is 7.46. The van der Waals surface area contributed by atoms with Gasteiger partial charge in [0.2, 0.25) is 17.6 Å². The van der Waals surface area contributed by atoms with Crippen molar-refractivity contribution in [1.82, 2.24) is 15.0 Å². The first-order valence-corrected chi connectivity index (χ1v) is 10.1. The summed E-state index contributed by atoms with van der Waals surface area (Å²) in [5.74, 6) is -0.897. The van der Waals surface area contributed by atoms with E-state index in [0.29, 0.717) is 18.7 Å². The maximum Gasteiger partial charge on any atom is 0.308 e.